The summed E-state index contributed by atoms with van der Waals surface area (Å²) in [5.74, 6) is -0.172. The number of carbonyl (C=O) groups excluding carboxylic acids is 1. The van der Waals surface area contributed by atoms with Crippen molar-refractivity contribution in [3.05, 3.63) is 125 Å². The number of carbonyl (C=O) groups is 1. The lowest BCUT2D eigenvalue weighted by Gasteiger charge is -2.27. The molecule has 0 heterocycles. The van der Waals surface area contributed by atoms with Gasteiger partial charge in [-0.15, -0.1) is 0 Å². The Kier molecular flexibility index (Phi) is 7.62. The van der Waals surface area contributed by atoms with Crippen molar-refractivity contribution in [2.24, 2.45) is 0 Å². The van der Waals surface area contributed by atoms with Crippen molar-refractivity contribution in [3.63, 3.8) is 0 Å². The maximum Gasteiger partial charge on any atom is 0.386 e. The molecular weight excluding hydrogens is 526 g/mol. The number of ether oxygens (including phenoxy) is 1. The summed E-state index contributed by atoms with van der Waals surface area (Å²) in [5, 5.41) is 3.53. The van der Waals surface area contributed by atoms with Gasteiger partial charge < -0.3 is 4.74 Å². The number of hydrogen-bond donors (Lipinski definition) is 0. The van der Waals surface area contributed by atoms with Crippen molar-refractivity contribution >= 4 is 32.1 Å². The van der Waals surface area contributed by atoms with Crippen molar-refractivity contribution in [2.75, 3.05) is 6.61 Å². The van der Waals surface area contributed by atoms with Crippen LogP contribution in [0.1, 0.15) is 6.92 Å². The SMILES string of the molecule is CCOC(=O)C([I+]c1ccccc1)=P(c1ccccc1)(c1ccccc1)c1ccccc1. The summed E-state index contributed by atoms with van der Waals surface area (Å²) in [6, 6.07) is 41.9. The smallest absolute Gasteiger partial charge is 0.386 e. The van der Waals surface area contributed by atoms with E-state index in [2.05, 4.69) is 84.9 Å². The van der Waals surface area contributed by atoms with E-state index in [1.165, 1.54) is 19.5 Å². The van der Waals surface area contributed by atoms with E-state index in [1.807, 2.05) is 43.3 Å². The Bertz CT molecular complexity index is 1100. The molecule has 0 aliphatic heterocycles. The number of hydrogen-bond acceptors (Lipinski definition) is 2. The molecule has 4 aromatic rings. The Labute approximate surface area is 200 Å². The monoisotopic (exact) mass is 551 g/mol. The molecule has 0 saturated heterocycles. The van der Waals surface area contributed by atoms with Crippen molar-refractivity contribution in [1.29, 1.82) is 0 Å². The number of halogens is 1. The van der Waals surface area contributed by atoms with Crippen LogP contribution in [0.2, 0.25) is 0 Å². The average Bonchev–Trinajstić information content (AvgIpc) is 2.87. The van der Waals surface area contributed by atoms with Crippen LogP contribution in [-0.4, -0.2) is 15.9 Å². The highest BCUT2D eigenvalue weighted by atomic mass is 127. The van der Waals surface area contributed by atoms with Crippen molar-refractivity contribution < 1.29 is 30.7 Å². The molecule has 0 atom stereocenters. The van der Waals surface area contributed by atoms with Crippen LogP contribution in [0.5, 0.6) is 0 Å². The Hall–Kier alpha value is -2.62. The van der Waals surface area contributed by atoms with E-state index in [0.717, 1.165) is 3.30 Å². The average molecular weight is 551 g/mol. The van der Waals surface area contributed by atoms with E-state index in [9.17, 15) is 4.79 Å². The van der Waals surface area contributed by atoms with Crippen LogP contribution in [0.25, 0.3) is 0 Å². The van der Waals surface area contributed by atoms with E-state index in [0.29, 0.717) is 6.61 Å². The molecule has 4 heteroatoms. The van der Waals surface area contributed by atoms with Gasteiger partial charge in [-0.05, 0) is 35.0 Å². The van der Waals surface area contributed by atoms with Crippen LogP contribution in [-0.2, 0) is 9.53 Å². The van der Waals surface area contributed by atoms with Crippen molar-refractivity contribution in [3.8, 4) is 0 Å². The fourth-order valence-corrected chi connectivity index (χ4v) is 13.6. The van der Waals surface area contributed by atoms with Gasteiger partial charge in [0.1, 0.15) is 0 Å². The second kappa shape index (κ2) is 10.8. The molecule has 0 fully saturated rings. The molecule has 0 aliphatic rings. The normalized spacial score (nSPS) is 11.0. The predicted molar refractivity (Wildman–Crippen MR) is 132 cm³/mol. The summed E-state index contributed by atoms with van der Waals surface area (Å²) in [7, 11) is 0. The second-order valence-corrected chi connectivity index (χ2v) is 14.1. The molecule has 4 aromatic carbocycles. The Balaban J connectivity index is 2.18. The van der Waals surface area contributed by atoms with Crippen LogP contribution in [0.15, 0.2) is 121 Å². The highest BCUT2D eigenvalue weighted by molar-refractivity contribution is 7.96. The molecule has 0 radical (unpaired) electrons. The molecule has 32 heavy (non-hydrogen) atoms. The van der Waals surface area contributed by atoms with Crippen LogP contribution in [0.3, 0.4) is 0 Å². The first-order chi connectivity index (χ1) is 15.8. The van der Waals surface area contributed by atoms with Crippen molar-refractivity contribution in [1.82, 2.24) is 0 Å². The topological polar surface area (TPSA) is 26.3 Å². The minimum atomic E-state index is -2.42. The first-order valence-electron chi connectivity index (χ1n) is 10.6. The van der Waals surface area contributed by atoms with Gasteiger partial charge in [0.2, 0.25) is 0 Å². The summed E-state index contributed by atoms with van der Waals surface area (Å²) in [4.78, 5) is 13.7. The molecule has 2 nitrogen and oxygen atoms in total. The second-order valence-electron chi connectivity index (χ2n) is 7.08. The van der Waals surface area contributed by atoms with Crippen LogP contribution < -0.4 is 37.1 Å². The maximum atomic E-state index is 13.7. The van der Waals surface area contributed by atoms with E-state index in [1.54, 1.807) is 0 Å². The zero-order valence-electron chi connectivity index (χ0n) is 17.9. The van der Waals surface area contributed by atoms with Gasteiger partial charge in [0.15, 0.2) is 3.57 Å². The number of esters is 1. The van der Waals surface area contributed by atoms with E-state index in [4.69, 9.17) is 4.74 Å². The van der Waals surface area contributed by atoms with Gasteiger partial charge >= 0.3 is 27.2 Å². The van der Waals surface area contributed by atoms with Crippen LogP contribution >= 0.6 is 6.89 Å². The third-order valence-corrected chi connectivity index (χ3v) is 14.1. The van der Waals surface area contributed by atoms with Gasteiger partial charge in [0.25, 0.3) is 3.30 Å². The van der Waals surface area contributed by atoms with Gasteiger partial charge in [-0.1, -0.05) is 109 Å². The van der Waals surface area contributed by atoms with E-state index in [-0.39, 0.29) is 5.97 Å². The van der Waals surface area contributed by atoms with Crippen molar-refractivity contribution in [2.45, 2.75) is 6.92 Å². The molecule has 0 bridgehead atoms. The quantitative estimate of drug-likeness (QED) is 0.199. The van der Waals surface area contributed by atoms with Gasteiger partial charge in [-0.25, -0.2) is 4.79 Å². The molecule has 0 saturated carbocycles. The summed E-state index contributed by atoms with van der Waals surface area (Å²) < 4.78 is 7.86. The lowest BCUT2D eigenvalue weighted by molar-refractivity contribution is -0.502. The predicted octanol–water partition coefficient (Wildman–Crippen LogP) is 1.63. The molecule has 0 N–H and O–H groups in total. The first kappa shape index (κ1) is 22.6. The van der Waals surface area contributed by atoms with Gasteiger partial charge in [-0.3, -0.25) is 0 Å². The van der Waals surface area contributed by atoms with E-state index >= 15 is 0 Å². The summed E-state index contributed by atoms with van der Waals surface area (Å²) in [6.45, 7) is -0.184. The third-order valence-electron chi connectivity index (χ3n) is 5.10. The van der Waals surface area contributed by atoms with Crippen LogP contribution in [0.4, 0.5) is 0 Å². The molecule has 0 spiro atoms. The maximum absolute atomic E-state index is 13.7. The van der Waals surface area contributed by atoms with Gasteiger partial charge in [0, 0.05) is 6.89 Å². The molecule has 160 valence electrons. The largest absolute Gasteiger partial charge is 0.460 e. The fourth-order valence-electron chi connectivity index (χ4n) is 3.75. The number of benzene rings is 4. The Morgan fingerprint density at radius 2 is 1.03 bits per heavy atom. The minimum Gasteiger partial charge on any atom is -0.460 e. The lowest BCUT2D eigenvalue weighted by atomic mass is 10.4. The third kappa shape index (κ3) is 4.60. The van der Waals surface area contributed by atoms with Gasteiger partial charge in [-0.2, -0.15) is 0 Å². The molecule has 4 rings (SSSR count). The minimum absolute atomic E-state index is 0.172. The standard InChI is InChI=1S/C28H25IO2P/c1-2-31-28(30)27(29-23-15-7-3-8-16-23)32(24-17-9-4-10-18-24,25-19-11-5-12-20-25)26-21-13-6-14-22-26/h3-22H,2H2,1H3/q+1. The molecule has 0 amide bonds. The van der Waals surface area contributed by atoms with Gasteiger partial charge in [0.05, 0.1) is 6.61 Å². The summed E-state index contributed by atoms with van der Waals surface area (Å²) in [6.07, 6.45) is 0. The molecular formula is C28H25IO2P+. The fraction of sp³-hybridized carbons (Fsp3) is 0.0714. The lowest BCUT2D eigenvalue weighted by Crippen LogP contribution is -3.65. The molecule has 0 aliphatic carbocycles. The summed E-state index contributed by atoms with van der Waals surface area (Å²) >= 11 is -0.767. The Morgan fingerprint density at radius 3 is 1.41 bits per heavy atom. The first-order valence-corrected chi connectivity index (χ1v) is 14.5. The Morgan fingerprint density at radius 1 is 0.656 bits per heavy atom. The highest BCUT2D eigenvalue weighted by Crippen LogP contribution is 2.44. The molecule has 0 aromatic heterocycles. The zero-order valence-corrected chi connectivity index (χ0v) is 20.9. The van der Waals surface area contributed by atoms with E-state index < -0.39 is 28.1 Å². The van der Waals surface area contributed by atoms with Crippen LogP contribution in [0, 0.1) is 3.57 Å². The summed E-state index contributed by atoms with van der Waals surface area (Å²) in [5.41, 5.74) is 0. The zero-order chi connectivity index (χ0) is 22.2. The highest BCUT2D eigenvalue weighted by Gasteiger charge is 2.43. The molecule has 0 unspecified atom stereocenters. The number of rotatable bonds is 7.